The number of amides is 1. The van der Waals surface area contributed by atoms with Crippen LogP contribution < -0.4 is 5.32 Å². The normalized spacial score (nSPS) is 23.6. The molecule has 1 aliphatic carbocycles. The lowest BCUT2D eigenvalue weighted by molar-refractivity contribution is -0.187. The molecule has 1 aromatic rings. The van der Waals surface area contributed by atoms with Crippen LogP contribution in [0, 0.1) is 19.8 Å². The number of rotatable bonds is 2. The van der Waals surface area contributed by atoms with Crippen LogP contribution in [0.3, 0.4) is 0 Å². The molecule has 4 nitrogen and oxygen atoms in total. The van der Waals surface area contributed by atoms with E-state index in [2.05, 4.69) is 10.5 Å². The van der Waals surface area contributed by atoms with Crippen LogP contribution in [0.1, 0.15) is 47.5 Å². The van der Waals surface area contributed by atoms with E-state index < -0.39 is 24.0 Å². The van der Waals surface area contributed by atoms with Crippen LogP contribution in [-0.2, 0) is 0 Å². The number of aryl methyl sites for hydroxylation is 2. The first-order valence-corrected chi connectivity index (χ1v) is 6.61. The molecule has 2 atom stereocenters. The summed E-state index contributed by atoms with van der Waals surface area (Å²) in [6.45, 7) is 3.16. The van der Waals surface area contributed by atoms with Crippen molar-refractivity contribution in [2.24, 2.45) is 5.92 Å². The predicted octanol–water partition coefficient (Wildman–Crippen LogP) is 3.14. The van der Waals surface area contributed by atoms with Gasteiger partial charge in [0.15, 0.2) is 0 Å². The fraction of sp³-hybridized carbons (Fsp3) is 0.692. The van der Waals surface area contributed by atoms with Gasteiger partial charge in [-0.1, -0.05) is 18.0 Å². The molecule has 0 saturated heterocycles. The van der Waals surface area contributed by atoms with E-state index in [1.165, 1.54) is 0 Å². The first kappa shape index (κ1) is 14.9. The third kappa shape index (κ3) is 2.96. The van der Waals surface area contributed by atoms with Crippen LogP contribution >= 0.6 is 0 Å². The maximum Gasteiger partial charge on any atom is 0.393 e. The Bertz CT molecular complexity index is 477. The minimum absolute atomic E-state index is 0.0655. The highest BCUT2D eigenvalue weighted by Crippen LogP contribution is 2.37. The maximum atomic E-state index is 13.0. The van der Waals surface area contributed by atoms with Gasteiger partial charge in [0.1, 0.15) is 11.3 Å². The molecule has 0 radical (unpaired) electrons. The lowest BCUT2D eigenvalue weighted by Crippen LogP contribution is -2.47. The second-order valence-corrected chi connectivity index (χ2v) is 5.21. The lowest BCUT2D eigenvalue weighted by Gasteiger charge is -2.33. The third-order valence-corrected chi connectivity index (χ3v) is 3.76. The number of hydrogen-bond acceptors (Lipinski definition) is 3. The molecular formula is C13H17F3N2O2. The van der Waals surface area contributed by atoms with E-state index in [1.54, 1.807) is 13.8 Å². The number of carbonyl (C=O) groups is 1. The van der Waals surface area contributed by atoms with Crippen LogP contribution in [0.5, 0.6) is 0 Å². The highest BCUT2D eigenvalue weighted by molar-refractivity contribution is 5.96. The fourth-order valence-electron chi connectivity index (χ4n) is 2.74. The van der Waals surface area contributed by atoms with Crippen molar-refractivity contribution < 1.29 is 22.5 Å². The number of halogens is 3. The first-order valence-electron chi connectivity index (χ1n) is 6.61. The number of nitrogens with zero attached hydrogens (tertiary/aromatic N) is 1. The van der Waals surface area contributed by atoms with Crippen molar-refractivity contribution in [3.63, 3.8) is 0 Å². The summed E-state index contributed by atoms with van der Waals surface area (Å²) in [5.41, 5.74) is 0.621. The molecule has 1 heterocycles. The van der Waals surface area contributed by atoms with Gasteiger partial charge in [-0.05, 0) is 26.7 Å². The summed E-state index contributed by atoms with van der Waals surface area (Å²) >= 11 is 0. The zero-order valence-corrected chi connectivity index (χ0v) is 11.4. The molecule has 0 unspecified atom stereocenters. The topological polar surface area (TPSA) is 55.1 Å². The molecule has 0 aliphatic heterocycles. The summed E-state index contributed by atoms with van der Waals surface area (Å²) in [5.74, 6) is -1.69. The molecular weight excluding hydrogens is 273 g/mol. The summed E-state index contributed by atoms with van der Waals surface area (Å²) < 4.78 is 43.7. The van der Waals surface area contributed by atoms with Gasteiger partial charge >= 0.3 is 6.18 Å². The van der Waals surface area contributed by atoms with Crippen molar-refractivity contribution in [3.8, 4) is 0 Å². The van der Waals surface area contributed by atoms with Gasteiger partial charge in [-0.15, -0.1) is 0 Å². The zero-order chi connectivity index (χ0) is 14.9. The summed E-state index contributed by atoms with van der Waals surface area (Å²) in [5, 5.41) is 6.14. The van der Waals surface area contributed by atoms with Crippen molar-refractivity contribution in [1.82, 2.24) is 10.5 Å². The largest absolute Gasteiger partial charge is 0.393 e. The molecule has 1 fully saturated rings. The number of nitrogens with one attached hydrogen (secondary N) is 1. The molecule has 0 bridgehead atoms. The second kappa shape index (κ2) is 5.46. The number of aromatic nitrogens is 1. The SMILES string of the molecule is Cc1noc(C)c1C(=O)N[C@H]1CCCC[C@H]1C(F)(F)F. The second-order valence-electron chi connectivity index (χ2n) is 5.21. The Morgan fingerprint density at radius 1 is 1.30 bits per heavy atom. The number of hydrogen-bond donors (Lipinski definition) is 1. The van der Waals surface area contributed by atoms with Crippen molar-refractivity contribution >= 4 is 5.91 Å². The number of carbonyl (C=O) groups excluding carboxylic acids is 1. The Morgan fingerprint density at radius 3 is 2.50 bits per heavy atom. The third-order valence-electron chi connectivity index (χ3n) is 3.76. The van der Waals surface area contributed by atoms with Gasteiger partial charge in [-0.3, -0.25) is 4.79 Å². The highest BCUT2D eigenvalue weighted by atomic mass is 19.4. The van der Waals surface area contributed by atoms with Crippen LogP contribution in [0.4, 0.5) is 13.2 Å². The van der Waals surface area contributed by atoms with E-state index in [-0.39, 0.29) is 12.0 Å². The predicted molar refractivity (Wildman–Crippen MR) is 65.2 cm³/mol. The van der Waals surface area contributed by atoms with Gasteiger partial charge in [-0.2, -0.15) is 13.2 Å². The summed E-state index contributed by atoms with van der Waals surface area (Å²) in [4.78, 5) is 12.1. The zero-order valence-electron chi connectivity index (χ0n) is 11.4. The molecule has 0 aromatic carbocycles. The van der Waals surface area contributed by atoms with E-state index in [9.17, 15) is 18.0 Å². The summed E-state index contributed by atoms with van der Waals surface area (Å²) in [7, 11) is 0. The Morgan fingerprint density at radius 2 is 1.95 bits per heavy atom. The smallest absolute Gasteiger partial charge is 0.361 e. The van der Waals surface area contributed by atoms with Gasteiger partial charge < -0.3 is 9.84 Å². The molecule has 1 N–H and O–H groups in total. The highest BCUT2D eigenvalue weighted by Gasteiger charge is 2.46. The van der Waals surface area contributed by atoms with Crippen molar-refractivity contribution in [2.75, 3.05) is 0 Å². The van der Waals surface area contributed by atoms with E-state index in [1.807, 2.05) is 0 Å². The minimum atomic E-state index is -4.28. The molecule has 20 heavy (non-hydrogen) atoms. The van der Waals surface area contributed by atoms with E-state index in [0.29, 0.717) is 30.7 Å². The first-order chi connectivity index (χ1) is 9.30. The van der Waals surface area contributed by atoms with Gasteiger partial charge in [0.05, 0.1) is 11.6 Å². The van der Waals surface area contributed by atoms with Crippen LogP contribution in [0.2, 0.25) is 0 Å². The van der Waals surface area contributed by atoms with E-state index in [4.69, 9.17) is 4.52 Å². The number of alkyl halides is 3. The molecule has 0 spiro atoms. The van der Waals surface area contributed by atoms with E-state index >= 15 is 0 Å². The van der Waals surface area contributed by atoms with Crippen LogP contribution in [-0.4, -0.2) is 23.3 Å². The maximum absolute atomic E-state index is 13.0. The average Bonchev–Trinajstić information content (AvgIpc) is 2.68. The Kier molecular flexibility index (Phi) is 4.06. The van der Waals surface area contributed by atoms with Crippen molar-refractivity contribution in [3.05, 3.63) is 17.0 Å². The quantitative estimate of drug-likeness (QED) is 0.910. The summed E-state index contributed by atoms with van der Waals surface area (Å²) in [6.07, 6.45) is -2.63. The van der Waals surface area contributed by atoms with Gasteiger partial charge in [0, 0.05) is 6.04 Å². The van der Waals surface area contributed by atoms with Crippen LogP contribution in [0.15, 0.2) is 4.52 Å². The molecule has 1 saturated carbocycles. The van der Waals surface area contributed by atoms with Gasteiger partial charge in [0.25, 0.3) is 5.91 Å². The van der Waals surface area contributed by atoms with Gasteiger partial charge in [-0.25, -0.2) is 0 Å². The average molecular weight is 290 g/mol. The molecule has 1 aliphatic rings. The molecule has 112 valence electrons. The monoisotopic (exact) mass is 290 g/mol. The van der Waals surface area contributed by atoms with Gasteiger partial charge in [0.2, 0.25) is 0 Å². The van der Waals surface area contributed by atoms with Crippen molar-refractivity contribution in [2.45, 2.75) is 51.7 Å². The fourth-order valence-corrected chi connectivity index (χ4v) is 2.74. The van der Waals surface area contributed by atoms with Crippen molar-refractivity contribution in [1.29, 1.82) is 0 Å². The minimum Gasteiger partial charge on any atom is -0.361 e. The Hall–Kier alpha value is -1.53. The van der Waals surface area contributed by atoms with Crippen LogP contribution in [0.25, 0.3) is 0 Å². The summed E-state index contributed by atoms with van der Waals surface area (Å²) in [6, 6.07) is -0.870. The Balaban J connectivity index is 2.13. The molecule has 2 rings (SSSR count). The Labute approximate surface area is 114 Å². The molecule has 1 amide bonds. The lowest BCUT2D eigenvalue weighted by atomic mass is 9.84. The molecule has 1 aromatic heterocycles. The molecule has 7 heteroatoms. The standard InChI is InChI=1S/C13H17F3N2O2/c1-7-11(8(2)20-18-7)12(19)17-10-6-4-3-5-9(10)13(14,15)16/h9-10H,3-6H2,1-2H3,(H,17,19)/t9-,10+/m1/s1. The van der Waals surface area contributed by atoms with E-state index in [0.717, 1.165) is 0 Å².